The van der Waals surface area contributed by atoms with E-state index in [0.29, 0.717) is 37.0 Å². The Kier molecular flexibility index (Phi) is 18.3. The Morgan fingerprint density at radius 3 is 1.79 bits per heavy atom. The van der Waals surface area contributed by atoms with Crippen molar-refractivity contribution in [2.24, 2.45) is 5.92 Å². The number of carbonyl (C=O) groups is 5. The molecule has 2 aliphatic rings. The van der Waals surface area contributed by atoms with Gasteiger partial charge in [-0.15, -0.1) is 9.75 Å². The highest BCUT2D eigenvalue weighted by Gasteiger charge is 2.43. The molecular weight excluding hydrogens is 988 g/mol. The summed E-state index contributed by atoms with van der Waals surface area (Å²) in [6.07, 6.45) is 1.36. The maximum Gasteiger partial charge on any atom is 0.485 e. The smallest absolute Gasteiger partial charge is 0.485 e. The Morgan fingerprint density at radius 1 is 0.806 bits per heavy atom. The summed E-state index contributed by atoms with van der Waals surface area (Å²) < 4.78 is 92.8. The second-order valence-electron chi connectivity index (χ2n) is 21.9. The molecule has 3 aromatic rings. The van der Waals surface area contributed by atoms with Crippen LogP contribution < -0.4 is 14.7 Å². The van der Waals surface area contributed by atoms with E-state index in [0.717, 1.165) is 11.1 Å². The molecule has 0 saturated carbocycles. The van der Waals surface area contributed by atoms with Crippen LogP contribution in [0.5, 0.6) is 5.75 Å². The third-order valence-corrected chi connectivity index (χ3v) is 16.1. The zero-order valence-electron chi connectivity index (χ0n) is 43.3. The van der Waals surface area contributed by atoms with Gasteiger partial charge in [0.2, 0.25) is 12.3 Å². The summed E-state index contributed by atoms with van der Waals surface area (Å²) in [6, 6.07) is 13.6. The minimum absolute atomic E-state index is 0.0935. The number of benzene rings is 2. The van der Waals surface area contributed by atoms with Gasteiger partial charge in [0.25, 0.3) is 11.8 Å². The molecule has 2 unspecified atom stereocenters. The summed E-state index contributed by atoms with van der Waals surface area (Å²) >= 11 is 0. The van der Waals surface area contributed by atoms with Gasteiger partial charge in [-0.1, -0.05) is 45.0 Å². The van der Waals surface area contributed by atoms with E-state index in [1.807, 2.05) is 66.1 Å². The second kappa shape index (κ2) is 22.3. The Balaban J connectivity index is 0.00000129. The number of ether oxygens (including phenoxy) is 4. The SMILES string of the molecule is CC(C)(C)OC(=O)NCC(C[n+]1cc(-c2ccc(OCC(ON3C(=O)c4ccccc4C3=O)C(=O)OC(C)(C)C)cc2)cn1CC1CN(C(=O)OC(C)(C)C)C1)O[Si](C)(C)C(C)(C)C.O=S(=O)([O-])C(F)(F)F. The van der Waals surface area contributed by atoms with Gasteiger partial charge in [0.1, 0.15) is 35.3 Å². The number of alkyl carbamates (subject to hydrolysis) is 1. The van der Waals surface area contributed by atoms with E-state index in [9.17, 15) is 37.1 Å². The van der Waals surface area contributed by atoms with Gasteiger partial charge < -0.3 is 38.1 Å². The van der Waals surface area contributed by atoms with Gasteiger partial charge >= 0.3 is 23.7 Å². The van der Waals surface area contributed by atoms with E-state index in [1.165, 1.54) is 12.1 Å². The van der Waals surface area contributed by atoms with Gasteiger partial charge in [0.15, 0.2) is 25.0 Å². The number of halogens is 3. The van der Waals surface area contributed by atoms with E-state index in [4.69, 9.17) is 41.2 Å². The number of nitrogens with one attached hydrogen (secondary N) is 1. The van der Waals surface area contributed by atoms with E-state index < -0.39 is 76.8 Å². The number of hydrogen-bond acceptors (Lipinski definition) is 14. The summed E-state index contributed by atoms with van der Waals surface area (Å²) in [4.78, 5) is 72.6. The number of fused-ring (bicyclic) bond motifs is 1. The zero-order valence-corrected chi connectivity index (χ0v) is 45.1. The Morgan fingerprint density at radius 2 is 1.32 bits per heavy atom. The van der Waals surface area contributed by atoms with Crippen molar-refractivity contribution < 1.29 is 83.0 Å². The molecular formula is C48H68F3N5O14SSi. The molecule has 0 aliphatic carbocycles. The van der Waals surface area contributed by atoms with Crippen molar-refractivity contribution in [1.29, 1.82) is 0 Å². The predicted octanol–water partition coefficient (Wildman–Crippen LogP) is 7.59. The molecule has 19 nitrogen and oxygen atoms in total. The molecule has 2 aromatic carbocycles. The fraction of sp³-hybridized carbons (Fsp3) is 0.583. The number of alkyl halides is 3. The summed E-state index contributed by atoms with van der Waals surface area (Å²) in [5.41, 5.74) is -5.68. The number of hydrogen-bond donors (Lipinski definition) is 1. The minimum atomic E-state index is -6.09. The molecule has 1 fully saturated rings. The lowest BCUT2D eigenvalue weighted by atomic mass is 10.0. The normalized spacial score (nSPS) is 15.7. The first kappa shape index (κ1) is 59.0. The number of imide groups is 1. The zero-order chi connectivity index (χ0) is 54.6. The van der Waals surface area contributed by atoms with Gasteiger partial charge in [-0.2, -0.15) is 17.9 Å². The molecule has 2 atom stereocenters. The fourth-order valence-corrected chi connectivity index (χ4v) is 8.01. The summed E-state index contributed by atoms with van der Waals surface area (Å²) in [5.74, 6) is -1.60. The van der Waals surface area contributed by atoms with Crippen molar-refractivity contribution in [3.8, 4) is 16.9 Å². The van der Waals surface area contributed by atoms with Crippen LogP contribution >= 0.6 is 0 Å². The molecule has 1 saturated heterocycles. The standard InChI is InChI=1S/C47H67N5O11Si.CHF3O3S/c1-44(2,3)59-41(55)38(62-52-39(53)36-17-15-16-18-37(36)40(52)54)30-58-34-21-19-32(20-22-34)33-27-50(26-31-24-49(25-31)43(57)61-46(7,8)9)51(28-33)29-35(63-64(13,14)47(10,11)12)23-48-42(56)60-45(4,5)6;2-1(3,4)8(5,6)7/h15-22,27-28,31,35,38H,23-26,29-30H2,1-14H3;(H,5,6,7). The number of nitrogens with zero attached hydrogens (tertiary/aromatic N) is 4. The topological polar surface area (TPSA) is 225 Å². The van der Waals surface area contributed by atoms with E-state index in [-0.39, 0.29) is 41.3 Å². The number of likely N-dealkylation sites (tertiary alicyclic amines) is 1. The third-order valence-electron chi connectivity index (χ3n) is 11.0. The van der Waals surface area contributed by atoms with E-state index >= 15 is 0 Å². The molecule has 5 rings (SSSR count). The monoisotopic (exact) mass is 1060 g/mol. The number of esters is 1. The largest absolute Gasteiger partial charge is 0.741 e. The van der Waals surface area contributed by atoms with Crippen LogP contribution in [0.4, 0.5) is 22.8 Å². The molecule has 400 valence electrons. The summed E-state index contributed by atoms with van der Waals surface area (Å²) in [6.45, 7) is 28.9. The number of carbonyl (C=O) groups excluding carboxylic acids is 5. The summed E-state index contributed by atoms with van der Waals surface area (Å²) in [7, 11) is -8.41. The molecule has 24 heteroatoms. The molecule has 0 radical (unpaired) electrons. The van der Waals surface area contributed by atoms with Crippen molar-refractivity contribution in [2.45, 2.75) is 149 Å². The minimum Gasteiger partial charge on any atom is -0.741 e. The average Bonchev–Trinajstić information content (AvgIpc) is 3.69. The highest BCUT2D eigenvalue weighted by molar-refractivity contribution is 7.86. The number of rotatable bonds is 15. The van der Waals surface area contributed by atoms with Crippen LogP contribution in [0.3, 0.4) is 0 Å². The Bertz CT molecular complexity index is 2500. The Hall–Kier alpha value is -5.56. The van der Waals surface area contributed by atoms with Gasteiger partial charge in [-0.25, -0.2) is 27.6 Å². The van der Waals surface area contributed by atoms with Crippen LogP contribution in [-0.4, -0.2) is 127 Å². The first-order chi connectivity index (χ1) is 32.7. The van der Waals surface area contributed by atoms with Crippen molar-refractivity contribution in [2.75, 3.05) is 26.2 Å². The van der Waals surface area contributed by atoms with Crippen molar-refractivity contribution in [3.05, 3.63) is 72.1 Å². The number of amides is 4. The fourth-order valence-electron chi connectivity index (χ4n) is 6.66. The lowest BCUT2D eigenvalue weighted by Gasteiger charge is -2.39. The van der Waals surface area contributed by atoms with E-state index in [1.54, 1.807) is 49.9 Å². The van der Waals surface area contributed by atoms with Crippen molar-refractivity contribution in [1.82, 2.24) is 20.0 Å². The van der Waals surface area contributed by atoms with Crippen LogP contribution in [0, 0.1) is 5.92 Å². The van der Waals surface area contributed by atoms with Gasteiger partial charge in [0.05, 0.1) is 36.0 Å². The number of hydroxylamine groups is 2. The quantitative estimate of drug-likeness (QED) is 0.0294. The third kappa shape index (κ3) is 17.0. The molecule has 1 aromatic heterocycles. The summed E-state index contributed by atoms with van der Waals surface area (Å²) in [5, 5.41) is 3.42. The van der Waals surface area contributed by atoms with Crippen LogP contribution in [0.15, 0.2) is 60.9 Å². The van der Waals surface area contributed by atoms with Crippen LogP contribution in [0.1, 0.15) is 104 Å². The first-order valence-electron chi connectivity index (χ1n) is 23.1. The molecule has 0 spiro atoms. The Labute approximate surface area is 420 Å². The van der Waals surface area contributed by atoms with Crippen molar-refractivity contribution >= 4 is 48.4 Å². The van der Waals surface area contributed by atoms with Crippen molar-refractivity contribution in [3.63, 3.8) is 0 Å². The lowest BCUT2D eigenvalue weighted by molar-refractivity contribution is -0.780. The maximum atomic E-state index is 13.3. The molecule has 0 bridgehead atoms. The van der Waals surface area contributed by atoms with E-state index in [2.05, 4.69) is 48.5 Å². The van der Waals surface area contributed by atoms with Gasteiger partial charge in [-0.3, -0.25) is 9.59 Å². The highest BCUT2D eigenvalue weighted by atomic mass is 32.2. The maximum absolute atomic E-state index is 13.3. The second-order valence-corrected chi connectivity index (χ2v) is 28.0. The molecule has 1 N–H and O–H groups in total. The average molecular weight is 1060 g/mol. The molecule has 4 amide bonds. The van der Waals surface area contributed by atoms with Gasteiger partial charge in [0, 0.05) is 19.0 Å². The molecule has 2 aliphatic heterocycles. The number of aromatic nitrogens is 2. The van der Waals surface area contributed by atoms with Crippen LogP contribution in [-0.2, 0) is 51.5 Å². The molecule has 72 heavy (non-hydrogen) atoms. The predicted molar refractivity (Wildman–Crippen MR) is 257 cm³/mol. The van der Waals surface area contributed by atoms with Gasteiger partial charge in [-0.05, 0) is 110 Å². The first-order valence-corrected chi connectivity index (χ1v) is 27.4. The highest BCUT2D eigenvalue weighted by Crippen LogP contribution is 2.37. The van der Waals surface area contributed by atoms with Crippen LogP contribution in [0.25, 0.3) is 11.1 Å². The van der Waals surface area contributed by atoms with Crippen LogP contribution in [0.2, 0.25) is 18.1 Å². The molecule has 3 heterocycles. The lowest BCUT2D eigenvalue weighted by Crippen LogP contribution is -2.57.